The van der Waals surface area contributed by atoms with Gasteiger partial charge in [-0.2, -0.15) is 0 Å². The van der Waals surface area contributed by atoms with Crippen molar-refractivity contribution in [2.75, 3.05) is 13.1 Å². The largest absolute Gasteiger partial charge is 0.305 e. The molecule has 3 rings (SSSR count). The van der Waals surface area contributed by atoms with E-state index in [0.29, 0.717) is 0 Å². The Balaban J connectivity index is 1.81. The van der Waals surface area contributed by atoms with E-state index in [9.17, 15) is 0 Å². The Bertz CT molecular complexity index is 422. The number of nitrogens with one attached hydrogen (secondary N) is 1. The molecule has 2 fully saturated rings. The van der Waals surface area contributed by atoms with Crippen LogP contribution in [0.25, 0.3) is 0 Å². The lowest BCUT2D eigenvalue weighted by atomic mass is 9.87. The van der Waals surface area contributed by atoms with Gasteiger partial charge in [0.15, 0.2) is 0 Å². The molecule has 2 nitrogen and oxygen atoms in total. The van der Waals surface area contributed by atoms with E-state index < -0.39 is 0 Å². The van der Waals surface area contributed by atoms with Gasteiger partial charge in [0.25, 0.3) is 0 Å². The minimum absolute atomic E-state index is 0.107. The third kappa shape index (κ3) is 2.64. The first-order chi connectivity index (χ1) is 9.73. The molecule has 0 amide bonds. The lowest BCUT2D eigenvalue weighted by Crippen LogP contribution is -2.63. The minimum atomic E-state index is 0.107. The molecule has 0 bridgehead atoms. The van der Waals surface area contributed by atoms with Gasteiger partial charge in [0.2, 0.25) is 0 Å². The highest BCUT2D eigenvalue weighted by molar-refractivity contribution is 5.25. The van der Waals surface area contributed by atoms with Crippen LogP contribution in [0.4, 0.5) is 0 Å². The monoisotopic (exact) mass is 272 g/mol. The van der Waals surface area contributed by atoms with Crippen molar-refractivity contribution in [2.24, 2.45) is 0 Å². The molecular formula is C18H28N2. The molecule has 2 heteroatoms. The highest BCUT2D eigenvalue weighted by Crippen LogP contribution is 2.33. The van der Waals surface area contributed by atoms with Gasteiger partial charge in [-0.1, -0.05) is 50.1 Å². The van der Waals surface area contributed by atoms with Crippen molar-refractivity contribution in [1.82, 2.24) is 10.2 Å². The van der Waals surface area contributed by atoms with Crippen LogP contribution < -0.4 is 5.32 Å². The number of piperazine rings is 1. The Morgan fingerprint density at radius 3 is 2.55 bits per heavy atom. The summed E-state index contributed by atoms with van der Waals surface area (Å²) in [6.45, 7) is 6.98. The minimum Gasteiger partial charge on any atom is -0.305 e. The Labute approximate surface area is 123 Å². The molecule has 20 heavy (non-hydrogen) atoms. The lowest BCUT2D eigenvalue weighted by molar-refractivity contribution is 0.0460. The maximum absolute atomic E-state index is 3.82. The predicted molar refractivity (Wildman–Crippen MR) is 84.8 cm³/mol. The second-order valence-corrected chi connectivity index (χ2v) is 6.75. The molecule has 1 aromatic carbocycles. The zero-order valence-corrected chi connectivity index (χ0v) is 12.9. The van der Waals surface area contributed by atoms with Gasteiger partial charge < -0.3 is 5.32 Å². The van der Waals surface area contributed by atoms with E-state index in [1.807, 2.05) is 0 Å². The third-order valence-corrected chi connectivity index (χ3v) is 5.37. The molecule has 1 heterocycles. The van der Waals surface area contributed by atoms with Gasteiger partial charge in [0, 0.05) is 25.2 Å². The summed E-state index contributed by atoms with van der Waals surface area (Å²) in [4.78, 5) is 2.82. The maximum Gasteiger partial charge on any atom is 0.0535 e. The Morgan fingerprint density at radius 1 is 1.20 bits per heavy atom. The smallest absolute Gasteiger partial charge is 0.0535 e. The standard InChI is InChI=1S/C18H28N2/c1-3-16-13-19-18(2,15-9-5-4-6-10-15)14-20(16)17-11-7-8-12-17/h4-6,9-10,16-17,19H,3,7-8,11-14H2,1-2H3. The fourth-order valence-electron chi connectivity index (χ4n) is 4.05. The molecule has 1 aliphatic carbocycles. The van der Waals surface area contributed by atoms with Crippen molar-refractivity contribution in [3.05, 3.63) is 35.9 Å². The fraction of sp³-hybridized carbons (Fsp3) is 0.667. The summed E-state index contributed by atoms with van der Waals surface area (Å²) in [7, 11) is 0. The van der Waals surface area contributed by atoms with Gasteiger partial charge in [0.1, 0.15) is 0 Å². The summed E-state index contributed by atoms with van der Waals surface area (Å²) in [5.41, 5.74) is 1.53. The van der Waals surface area contributed by atoms with Crippen LogP contribution in [0.5, 0.6) is 0 Å². The number of nitrogens with zero attached hydrogens (tertiary/aromatic N) is 1. The van der Waals surface area contributed by atoms with Crippen LogP contribution in [0.2, 0.25) is 0 Å². The van der Waals surface area contributed by atoms with Crippen LogP contribution in [-0.2, 0) is 5.54 Å². The molecule has 1 aromatic rings. The number of hydrogen-bond donors (Lipinski definition) is 1. The summed E-state index contributed by atoms with van der Waals surface area (Å²) in [6.07, 6.45) is 6.91. The van der Waals surface area contributed by atoms with Gasteiger partial charge >= 0.3 is 0 Å². The molecule has 1 aliphatic heterocycles. The van der Waals surface area contributed by atoms with Crippen molar-refractivity contribution in [2.45, 2.75) is 63.6 Å². The molecule has 2 aliphatic rings. The van der Waals surface area contributed by atoms with Gasteiger partial charge in [-0.05, 0) is 31.7 Å². The van der Waals surface area contributed by atoms with E-state index in [-0.39, 0.29) is 5.54 Å². The van der Waals surface area contributed by atoms with Crippen LogP contribution >= 0.6 is 0 Å². The third-order valence-electron chi connectivity index (χ3n) is 5.37. The highest BCUT2D eigenvalue weighted by atomic mass is 15.3. The average molecular weight is 272 g/mol. The molecule has 2 atom stereocenters. The van der Waals surface area contributed by atoms with Crippen molar-refractivity contribution >= 4 is 0 Å². The van der Waals surface area contributed by atoms with Gasteiger partial charge in [-0.15, -0.1) is 0 Å². The molecule has 2 unspecified atom stereocenters. The normalized spacial score (nSPS) is 32.6. The van der Waals surface area contributed by atoms with E-state index in [1.54, 1.807) is 0 Å². The van der Waals surface area contributed by atoms with Crippen LogP contribution in [0.15, 0.2) is 30.3 Å². The molecule has 0 aromatic heterocycles. The van der Waals surface area contributed by atoms with E-state index in [4.69, 9.17) is 0 Å². The molecule has 0 spiro atoms. The first-order valence-electron chi connectivity index (χ1n) is 8.29. The maximum atomic E-state index is 3.82. The topological polar surface area (TPSA) is 15.3 Å². The quantitative estimate of drug-likeness (QED) is 0.905. The lowest BCUT2D eigenvalue weighted by Gasteiger charge is -2.49. The van der Waals surface area contributed by atoms with Gasteiger partial charge in [0.05, 0.1) is 5.54 Å². The molecule has 0 radical (unpaired) electrons. The second kappa shape index (κ2) is 5.87. The second-order valence-electron chi connectivity index (χ2n) is 6.75. The summed E-state index contributed by atoms with van der Waals surface area (Å²) in [5.74, 6) is 0. The van der Waals surface area contributed by atoms with Crippen molar-refractivity contribution < 1.29 is 0 Å². The molecule has 1 saturated heterocycles. The SMILES string of the molecule is CCC1CNC(C)(c2ccccc2)CN1C1CCCC1. The summed E-state index contributed by atoms with van der Waals surface area (Å²) >= 11 is 0. The Hall–Kier alpha value is -0.860. The first kappa shape index (κ1) is 14.1. The van der Waals surface area contributed by atoms with E-state index >= 15 is 0 Å². The molecular weight excluding hydrogens is 244 g/mol. The number of benzene rings is 1. The zero-order valence-electron chi connectivity index (χ0n) is 12.9. The predicted octanol–water partition coefficient (Wildman–Crippen LogP) is 3.53. The average Bonchev–Trinajstić information content (AvgIpc) is 3.02. The Kier molecular flexibility index (Phi) is 4.13. The number of rotatable bonds is 3. The van der Waals surface area contributed by atoms with Crippen LogP contribution in [0, 0.1) is 0 Å². The summed E-state index contributed by atoms with van der Waals surface area (Å²) in [5, 5.41) is 3.82. The van der Waals surface area contributed by atoms with E-state index in [0.717, 1.165) is 25.2 Å². The van der Waals surface area contributed by atoms with Crippen LogP contribution in [0.1, 0.15) is 51.5 Å². The fourth-order valence-corrected chi connectivity index (χ4v) is 4.05. The van der Waals surface area contributed by atoms with Crippen molar-refractivity contribution in [3.8, 4) is 0 Å². The summed E-state index contributed by atoms with van der Waals surface area (Å²) in [6, 6.07) is 12.5. The molecule has 1 saturated carbocycles. The number of hydrogen-bond acceptors (Lipinski definition) is 2. The van der Waals surface area contributed by atoms with Gasteiger partial charge in [-0.3, -0.25) is 4.90 Å². The highest BCUT2D eigenvalue weighted by Gasteiger charge is 2.39. The van der Waals surface area contributed by atoms with Gasteiger partial charge in [-0.25, -0.2) is 0 Å². The summed E-state index contributed by atoms with van der Waals surface area (Å²) < 4.78 is 0. The zero-order chi connectivity index (χ0) is 14.0. The van der Waals surface area contributed by atoms with E-state index in [1.165, 1.54) is 37.7 Å². The molecule has 110 valence electrons. The first-order valence-corrected chi connectivity index (χ1v) is 8.29. The van der Waals surface area contributed by atoms with Crippen molar-refractivity contribution in [1.29, 1.82) is 0 Å². The van der Waals surface area contributed by atoms with Crippen LogP contribution in [-0.4, -0.2) is 30.1 Å². The van der Waals surface area contributed by atoms with E-state index in [2.05, 4.69) is 54.4 Å². The van der Waals surface area contributed by atoms with Crippen molar-refractivity contribution in [3.63, 3.8) is 0 Å². The van der Waals surface area contributed by atoms with Crippen LogP contribution in [0.3, 0.4) is 0 Å². The Morgan fingerprint density at radius 2 is 1.90 bits per heavy atom. The molecule has 1 N–H and O–H groups in total.